The van der Waals surface area contributed by atoms with Crippen LogP contribution in [0.2, 0.25) is 0 Å². The molecule has 54 valence electrons. The van der Waals surface area contributed by atoms with E-state index < -0.39 is 0 Å². The number of thioether (sulfide) groups is 1. The third kappa shape index (κ3) is 2.18. The van der Waals surface area contributed by atoms with Gasteiger partial charge in [0.05, 0.1) is 0 Å². The van der Waals surface area contributed by atoms with Gasteiger partial charge in [-0.15, -0.1) is 0 Å². The van der Waals surface area contributed by atoms with Crippen molar-refractivity contribution < 1.29 is 5.11 Å². The lowest BCUT2D eigenvalue weighted by Gasteiger charge is -2.09. The van der Waals surface area contributed by atoms with Crippen molar-refractivity contribution in [3.05, 3.63) is 0 Å². The molecule has 0 radical (unpaired) electrons. The number of hydrogen-bond acceptors (Lipinski definition) is 2. The van der Waals surface area contributed by atoms with Crippen molar-refractivity contribution in [2.24, 2.45) is 11.8 Å². The van der Waals surface area contributed by atoms with Crippen molar-refractivity contribution in [1.29, 1.82) is 0 Å². The van der Waals surface area contributed by atoms with Crippen molar-refractivity contribution in [3.63, 3.8) is 0 Å². The van der Waals surface area contributed by atoms with E-state index in [1.54, 1.807) is 0 Å². The van der Waals surface area contributed by atoms with E-state index in [1.165, 1.54) is 12.8 Å². The lowest BCUT2D eigenvalue weighted by Crippen LogP contribution is -2.10. The highest BCUT2D eigenvalue weighted by atomic mass is 32.2. The van der Waals surface area contributed by atoms with Crippen molar-refractivity contribution in [3.8, 4) is 0 Å². The summed E-state index contributed by atoms with van der Waals surface area (Å²) >= 11 is 1.84. The Balaban J connectivity index is 2.12. The van der Waals surface area contributed by atoms with E-state index in [2.05, 4.69) is 6.26 Å². The van der Waals surface area contributed by atoms with E-state index in [-0.39, 0.29) is 0 Å². The lowest BCUT2D eigenvalue weighted by atomic mass is 10.1. The number of aliphatic hydroxyl groups is 1. The first-order chi connectivity index (χ1) is 4.38. The number of rotatable bonds is 4. The molecular formula is C7H14OS. The SMILES string of the molecule is CSCC(CO)C1CC1. The Morgan fingerprint density at radius 1 is 1.67 bits per heavy atom. The van der Waals surface area contributed by atoms with Crippen LogP contribution in [-0.4, -0.2) is 23.7 Å². The van der Waals surface area contributed by atoms with Gasteiger partial charge in [-0.3, -0.25) is 0 Å². The van der Waals surface area contributed by atoms with Gasteiger partial charge >= 0.3 is 0 Å². The molecule has 1 rings (SSSR count). The van der Waals surface area contributed by atoms with E-state index in [0.717, 1.165) is 11.7 Å². The van der Waals surface area contributed by atoms with Crippen molar-refractivity contribution in [2.45, 2.75) is 12.8 Å². The van der Waals surface area contributed by atoms with Crippen LogP contribution in [0.1, 0.15) is 12.8 Å². The summed E-state index contributed by atoms with van der Waals surface area (Å²) in [6.07, 6.45) is 4.81. The normalized spacial score (nSPS) is 22.0. The summed E-state index contributed by atoms with van der Waals surface area (Å²) in [4.78, 5) is 0. The number of hydrogen-bond donors (Lipinski definition) is 1. The summed E-state index contributed by atoms with van der Waals surface area (Å²) in [5.74, 6) is 2.60. The van der Waals surface area contributed by atoms with Crippen LogP contribution < -0.4 is 0 Å². The fourth-order valence-electron chi connectivity index (χ4n) is 1.12. The molecule has 0 aromatic rings. The van der Waals surface area contributed by atoms with E-state index >= 15 is 0 Å². The maximum absolute atomic E-state index is 8.85. The van der Waals surface area contributed by atoms with Crippen molar-refractivity contribution >= 4 is 11.8 Å². The second-order valence-corrected chi connectivity index (χ2v) is 3.65. The van der Waals surface area contributed by atoms with Crippen LogP contribution in [0.4, 0.5) is 0 Å². The Bertz CT molecular complexity index is 81.0. The zero-order valence-electron chi connectivity index (χ0n) is 5.84. The molecule has 0 spiro atoms. The van der Waals surface area contributed by atoms with Crippen LogP contribution in [0, 0.1) is 11.8 Å². The monoisotopic (exact) mass is 146 g/mol. The zero-order chi connectivity index (χ0) is 6.69. The van der Waals surface area contributed by atoms with Gasteiger partial charge in [0.1, 0.15) is 0 Å². The first-order valence-electron chi connectivity index (χ1n) is 3.48. The van der Waals surface area contributed by atoms with Gasteiger partial charge in [0.2, 0.25) is 0 Å². The minimum atomic E-state index is 0.394. The van der Waals surface area contributed by atoms with Crippen LogP contribution in [0.25, 0.3) is 0 Å². The molecule has 0 aliphatic heterocycles. The van der Waals surface area contributed by atoms with Crippen LogP contribution in [-0.2, 0) is 0 Å². The molecule has 0 bridgehead atoms. The third-order valence-corrected chi connectivity index (χ3v) is 2.67. The Labute approximate surface area is 60.8 Å². The van der Waals surface area contributed by atoms with Gasteiger partial charge in [0.15, 0.2) is 0 Å². The van der Waals surface area contributed by atoms with Gasteiger partial charge in [-0.1, -0.05) is 0 Å². The summed E-state index contributed by atoms with van der Waals surface area (Å²) in [6, 6.07) is 0. The topological polar surface area (TPSA) is 20.2 Å². The molecular weight excluding hydrogens is 132 g/mol. The highest BCUT2D eigenvalue weighted by Crippen LogP contribution is 2.37. The summed E-state index contributed by atoms with van der Waals surface area (Å²) in [7, 11) is 0. The van der Waals surface area contributed by atoms with E-state index in [0.29, 0.717) is 12.5 Å². The Kier molecular flexibility index (Phi) is 2.86. The Morgan fingerprint density at radius 2 is 2.33 bits per heavy atom. The van der Waals surface area contributed by atoms with Crippen molar-refractivity contribution in [1.82, 2.24) is 0 Å². The molecule has 1 unspecified atom stereocenters. The summed E-state index contributed by atoms with van der Waals surface area (Å²) in [6.45, 7) is 0.394. The van der Waals surface area contributed by atoms with Gasteiger partial charge in [0, 0.05) is 6.61 Å². The molecule has 2 heteroatoms. The summed E-state index contributed by atoms with van der Waals surface area (Å²) in [5, 5.41) is 8.85. The standard InChI is InChI=1S/C7H14OS/c1-9-5-7(4-8)6-2-3-6/h6-8H,2-5H2,1H3. The zero-order valence-corrected chi connectivity index (χ0v) is 6.66. The van der Waals surface area contributed by atoms with Gasteiger partial charge in [-0.2, -0.15) is 11.8 Å². The lowest BCUT2D eigenvalue weighted by molar-refractivity contribution is 0.225. The van der Waals surface area contributed by atoms with E-state index in [1.807, 2.05) is 11.8 Å². The first kappa shape index (κ1) is 7.42. The first-order valence-corrected chi connectivity index (χ1v) is 4.87. The minimum absolute atomic E-state index is 0.394. The van der Waals surface area contributed by atoms with Gasteiger partial charge < -0.3 is 5.11 Å². The highest BCUT2D eigenvalue weighted by Gasteiger charge is 2.29. The van der Waals surface area contributed by atoms with Gasteiger partial charge in [-0.25, -0.2) is 0 Å². The fourth-order valence-corrected chi connectivity index (χ4v) is 1.93. The smallest absolute Gasteiger partial charge is 0.0469 e. The minimum Gasteiger partial charge on any atom is -0.396 e. The van der Waals surface area contributed by atoms with E-state index in [9.17, 15) is 0 Å². The fraction of sp³-hybridized carbons (Fsp3) is 1.00. The molecule has 1 nitrogen and oxygen atoms in total. The van der Waals surface area contributed by atoms with Crippen LogP contribution >= 0.6 is 11.8 Å². The molecule has 0 heterocycles. The molecule has 1 aliphatic rings. The quantitative estimate of drug-likeness (QED) is 0.646. The highest BCUT2D eigenvalue weighted by molar-refractivity contribution is 7.98. The predicted molar refractivity (Wildman–Crippen MR) is 41.7 cm³/mol. The third-order valence-electron chi connectivity index (χ3n) is 1.90. The maximum atomic E-state index is 8.85. The molecule has 1 atom stereocenters. The van der Waals surface area contributed by atoms with Crippen molar-refractivity contribution in [2.75, 3.05) is 18.6 Å². The largest absolute Gasteiger partial charge is 0.396 e. The molecule has 0 aromatic heterocycles. The second kappa shape index (κ2) is 3.47. The molecule has 0 amide bonds. The molecule has 9 heavy (non-hydrogen) atoms. The van der Waals surface area contributed by atoms with Crippen LogP contribution in [0.15, 0.2) is 0 Å². The van der Waals surface area contributed by atoms with Gasteiger partial charge in [0.25, 0.3) is 0 Å². The molecule has 1 saturated carbocycles. The Morgan fingerprint density at radius 3 is 2.67 bits per heavy atom. The van der Waals surface area contributed by atoms with E-state index in [4.69, 9.17) is 5.11 Å². The predicted octanol–water partition coefficient (Wildman–Crippen LogP) is 1.37. The Hall–Kier alpha value is 0.310. The van der Waals surface area contributed by atoms with Gasteiger partial charge in [-0.05, 0) is 36.7 Å². The van der Waals surface area contributed by atoms with Crippen LogP contribution in [0.5, 0.6) is 0 Å². The van der Waals surface area contributed by atoms with Crippen LogP contribution in [0.3, 0.4) is 0 Å². The maximum Gasteiger partial charge on any atom is 0.0469 e. The molecule has 0 saturated heterocycles. The molecule has 0 aromatic carbocycles. The molecule has 1 aliphatic carbocycles. The summed E-state index contributed by atoms with van der Waals surface area (Å²) < 4.78 is 0. The molecule has 1 N–H and O–H groups in total. The second-order valence-electron chi connectivity index (χ2n) is 2.74. The average Bonchev–Trinajstić information content (AvgIpc) is 2.64. The average molecular weight is 146 g/mol. The summed E-state index contributed by atoms with van der Waals surface area (Å²) in [5.41, 5.74) is 0. The molecule has 1 fully saturated rings. The number of aliphatic hydroxyl groups excluding tert-OH is 1.